The Hall–Kier alpha value is -0.600. The average molecular weight is 284 g/mol. The fourth-order valence-corrected chi connectivity index (χ4v) is 3.34. The molecule has 0 saturated heterocycles. The van der Waals surface area contributed by atoms with E-state index in [1.807, 2.05) is 0 Å². The average Bonchev–Trinajstić information content (AvgIpc) is 2.33. The molecule has 2 rings (SSSR count). The van der Waals surface area contributed by atoms with Gasteiger partial charge in [0.15, 0.2) is 0 Å². The lowest BCUT2D eigenvalue weighted by Gasteiger charge is -2.39. The molecular weight excluding hydrogens is 261 g/mol. The van der Waals surface area contributed by atoms with Crippen LogP contribution in [0.1, 0.15) is 45.1 Å². The standard InChI is InChI=1S/C16H23ClFN/c1-11(2)12-5-7-16(19,8-6-12)10-13-3-4-14(18)9-15(13)17/h3-4,9,11-12H,5-8,10,19H2,1-2H3. The van der Waals surface area contributed by atoms with Crippen molar-refractivity contribution in [1.29, 1.82) is 0 Å². The number of halogens is 2. The minimum atomic E-state index is -0.289. The van der Waals surface area contributed by atoms with Gasteiger partial charge >= 0.3 is 0 Å². The molecule has 1 aliphatic carbocycles. The fraction of sp³-hybridized carbons (Fsp3) is 0.625. The predicted molar refractivity (Wildman–Crippen MR) is 78.8 cm³/mol. The van der Waals surface area contributed by atoms with Crippen molar-refractivity contribution in [3.8, 4) is 0 Å². The summed E-state index contributed by atoms with van der Waals surface area (Å²) < 4.78 is 13.0. The molecule has 0 heterocycles. The Labute approximate surface area is 120 Å². The number of nitrogens with two attached hydrogens (primary N) is 1. The Morgan fingerprint density at radius 1 is 1.37 bits per heavy atom. The van der Waals surface area contributed by atoms with Gasteiger partial charge in [-0.05, 0) is 61.6 Å². The van der Waals surface area contributed by atoms with Gasteiger partial charge in [0.2, 0.25) is 0 Å². The van der Waals surface area contributed by atoms with Crippen LogP contribution in [-0.4, -0.2) is 5.54 Å². The molecule has 0 amide bonds. The second-order valence-electron chi connectivity index (χ2n) is 6.36. The van der Waals surface area contributed by atoms with E-state index in [4.69, 9.17) is 17.3 Å². The Bertz CT molecular complexity index is 436. The van der Waals surface area contributed by atoms with Gasteiger partial charge in [0.05, 0.1) is 0 Å². The summed E-state index contributed by atoms with van der Waals surface area (Å²) in [6.07, 6.45) is 5.18. The molecule has 0 aliphatic heterocycles. The number of hydrogen-bond donors (Lipinski definition) is 1. The Kier molecular flexibility index (Phi) is 4.52. The van der Waals surface area contributed by atoms with E-state index >= 15 is 0 Å². The van der Waals surface area contributed by atoms with E-state index in [0.29, 0.717) is 5.02 Å². The van der Waals surface area contributed by atoms with Crippen molar-refractivity contribution < 1.29 is 4.39 Å². The zero-order chi connectivity index (χ0) is 14.0. The van der Waals surface area contributed by atoms with Crippen LogP contribution in [0.25, 0.3) is 0 Å². The first-order valence-electron chi connectivity index (χ1n) is 7.12. The van der Waals surface area contributed by atoms with Crippen LogP contribution >= 0.6 is 11.6 Å². The van der Waals surface area contributed by atoms with Crippen molar-refractivity contribution in [1.82, 2.24) is 0 Å². The predicted octanol–water partition coefficient (Wildman–Crippen LogP) is 4.57. The summed E-state index contributed by atoms with van der Waals surface area (Å²) in [6, 6.07) is 4.60. The summed E-state index contributed by atoms with van der Waals surface area (Å²) in [4.78, 5) is 0. The molecule has 1 fully saturated rings. The first kappa shape index (κ1) is 14.8. The first-order valence-corrected chi connectivity index (χ1v) is 7.50. The van der Waals surface area contributed by atoms with Crippen molar-refractivity contribution >= 4 is 11.6 Å². The molecule has 3 heteroatoms. The van der Waals surface area contributed by atoms with E-state index in [1.165, 1.54) is 25.0 Å². The molecular formula is C16H23ClFN. The van der Waals surface area contributed by atoms with Gasteiger partial charge in [-0.1, -0.05) is 31.5 Å². The topological polar surface area (TPSA) is 26.0 Å². The summed E-state index contributed by atoms with van der Waals surface area (Å²) >= 11 is 6.09. The van der Waals surface area contributed by atoms with Gasteiger partial charge in [-0.25, -0.2) is 4.39 Å². The van der Waals surface area contributed by atoms with Gasteiger partial charge in [-0.3, -0.25) is 0 Å². The monoisotopic (exact) mass is 283 g/mol. The van der Waals surface area contributed by atoms with Crippen LogP contribution in [-0.2, 0) is 6.42 Å². The lowest BCUT2D eigenvalue weighted by Crippen LogP contribution is -2.45. The fourth-order valence-electron chi connectivity index (χ4n) is 3.10. The van der Waals surface area contributed by atoms with Crippen LogP contribution in [0.3, 0.4) is 0 Å². The van der Waals surface area contributed by atoms with Crippen molar-refractivity contribution in [2.75, 3.05) is 0 Å². The van der Waals surface area contributed by atoms with Gasteiger partial charge in [0, 0.05) is 10.6 Å². The molecule has 0 aromatic heterocycles. The highest BCUT2D eigenvalue weighted by Gasteiger charge is 2.33. The lowest BCUT2D eigenvalue weighted by atomic mass is 9.71. The minimum absolute atomic E-state index is 0.174. The smallest absolute Gasteiger partial charge is 0.124 e. The van der Waals surface area contributed by atoms with Crippen molar-refractivity contribution in [3.05, 3.63) is 34.6 Å². The molecule has 0 atom stereocenters. The zero-order valence-corrected chi connectivity index (χ0v) is 12.5. The molecule has 0 radical (unpaired) electrons. The second kappa shape index (κ2) is 5.80. The van der Waals surface area contributed by atoms with E-state index in [0.717, 1.165) is 36.7 Å². The van der Waals surface area contributed by atoms with Crippen LogP contribution in [0.2, 0.25) is 5.02 Å². The van der Waals surface area contributed by atoms with Crippen LogP contribution in [0.15, 0.2) is 18.2 Å². The minimum Gasteiger partial charge on any atom is -0.325 e. The van der Waals surface area contributed by atoms with E-state index in [1.54, 1.807) is 6.07 Å². The van der Waals surface area contributed by atoms with Gasteiger partial charge in [-0.2, -0.15) is 0 Å². The van der Waals surface area contributed by atoms with E-state index in [9.17, 15) is 4.39 Å². The molecule has 1 saturated carbocycles. The second-order valence-corrected chi connectivity index (χ2v) is 6.76. The van der Waals surface area contributed by atoms with Crippen LogP contribution in [0.4, 0.5) is 4.39 Å². The maximum atomic E-state index is 13.0. The first-order chi connectivity index (χ1) is 8.89. The Morgan fingerprint density at radius 2 is 2.00 bits per heavy atom. The largest absolute Gasteiger partial charge is 0.325 e. The highest BCUT2D eigenvalue weighted by Crippen LogP contribution is 2.37. The zero-order valence-electron chi connectivity index (χ0n) is 11.8. The van der Waals surface area contributed by atoms with Crippen LogP contribution in [0, 0.1) is 17.7 Å². The molecule has 2 N–H and O–H groups in total. The van der Waals surface area contributed by atoms with Gasteiger partial charge in [0.25, 0.3) is 0 Å². The normalized spacial score (nSPS) is 27.8. The highest BCUT2D eigenvalue weighted by molar-refractivity contribution is 6.31. The molecule has 0 spiro atoms. The molecule has 0 unspecified atom stereocenters. The van der Waals surface area contributed by atoms with E-state index < -0.39 is 0 Å². The third-order valence-corrected chi connectivity index (χ3v) is 4.88. The Morgan fingerprint density at radius 3 is 2.53 bits per heavy atom. The molecule has 1 aromatic carbocycles. The molecule has 106 valence electrons. The maximum Gasteiger partial charge on any atom is 0.124 e. The van der Waals surface area contributed by atoms with Gasteiger partial charge < -0.3 is 5.73 Å². The third-order valence-electron chi connectivity index (χ3n) is 4.53. The summed E-state index contributed by atoms with van der Waals surface area (Å²) in [5, 5.41) is 0.496. The molecule has 1 aromatic rings. The van der Waals surface area contributed by atoms with Crippen molar-refractivity contribution in [2.24, 2.45) is 17.6 Å². The summed E-state index contributed by atoms with van der Waals surface area (Å²) in [6.45, 7) is 4.57. The molecule has 1 aliphatic rings. The molecule has 1 nitrogen and oxygen atoms in total. The SMILES string of the molecule is CC(C)C1CCC(N)(Cc2ccc(F)cc2Cl)CC1. The van der Waals surface area contributed by atoms with E-state index in [2.05, 4.69) is 13.8 Å². The summed E-state index contributed by atoms with van der Waals surface area (Å²) in [5.41, 5.74) is 7.30. The number of benzene rings is 1. The van der Waals surface area contributed by atoms with Gasteiger partial charge in [0.1, 0.15) is 5.82 Å². The van der Waals surface area contributed by atoms with Crippen LogP contribution < -0.4 is 5.73 Å². The van der Waals surface area contributed by atoms with Crippen LogP contribution in [0.5, 0.6) is 0 Å². The van der Waals surface area contributed by atoms with Crippen molar-refractivity contribution in [2.45, 2.75) is 51.5 Å². The Balaban J connectivity index is 2.03. The number of hydrogen-bond acceptors (Lipinski definition) is 1. The lowest BCUT2D eigenvalue weighted by molar-refractivity contribution is 0.194. The highest BCUT2D eigenvalue weighted by atomic mass is 35.5. The number of rotatable bonds is 3. The quantitative estimate of drug-likeness (QED) is 0.864. The van der Waals surface area contributed by atoms with E-state index in [-0.39, 0.29) is 11.4 Å². The van der Waals surface area contributed by atoms with Crippen molar-refractivity contribution in [3.63, 3.8) is 0 Å². The molecule has 0 bridgehead atoms. The maximum absolute atomic E-state index is 13.0. The summed E-state index contributed by atoms with van der Waals surface area (Å²) in [7, 11) is 0. The summed E-state index contributed by atoms with van der Waals surface area (Å²) in [5.74, 6) is 1.24. The molecule has 19 heavy (non-hydrogen) atoms. The van der Waals surface area contributed by atoms with Gasteiger partial charge in [-0.15, -0.1) is 0 Å². The third kappa shape index (κ3) is 3.70.